The van der Waals surface area contributed by atoms with Crippen molar-refractivity contribution in [3.05, 3.63) is 69.9 Å². The molecule has 204 valence electrons. The highest BCUT2D eigenvalue weighted by molar-refractivity contribution is 5.66. The summed E-state index contributed by atoms with van der Waals surface area (Å²) in [5, 5.41) is 0. The summed E-state index contributed by atoms with van der Waals surface area (Å²) >= 11 is 0. The summed E-state index contributed by atoms with van der Waals surface area (Å²) in [6, 6.07) is 0. The van der Waals surface area contributed by atoms with Crippen LogP contribution in [-0.4, -0.2) is 12.6 Å². The van der Waals surface area contributed by atoms with E-state index in [1.807, 2.05) is 6.08 Å². The fraction of sp³-hybridized carbons (Fsp3) is 0.618. The van der Waals surface area contributed by atoms with Crippen LogP contribution in [0.2, 0.25) is 0 Å². The Kier molecular flexibility index (Phi) is 18.9. The van der Waals surface area contributed by atoms with Crippen LogP contribution in [0.4, 0.5) is 0 Å². The van der Waals surface area contributed by atoms with Gasteiger partial charge in [0.05, 0.1) is 0 Å². The molecule has 0 bridgehead atoms. The minimum absolute atomic E-state index is 0.225. The molecule has 0 heterocycles. The van der Waals surface area contributed by atoms with Gasteiger partial charge in [0.25, 0.3) is 0 Å². The largest absolute Gasteiger partial charge is 0.462 e. The Labute approximate surface area is 224 Å². The Morgan fingerprint density at radius 1 is 0.611 bits per heavy atom. The summed E-state index contributed by atoms with van der Waals surface area (Å²) in [4.78, 5) is 10.8. The second-order valence-electron chi connectivity index (χ2n) is 11.0. The van der Waals surface area contributed by atoms with Gasteiger partial charge in [0.1, 0.15) is 6.61 Å². The van der Waals surface area contributed by atoms with E-state index in [0.29, 0.717) is 18.4 Å². The first-order valence-electron chi connectivity index (χ1n) is 14.0. The number of allylic oxidation sites excluding steroid dienone is 11. The number of carbonyl (C=O) groups excluding carboxylic acids is 1. The Balaban J connectivity index is 4.48. The average molecular weight is 497 g/mol. The van der Waals surface area contributed by atoms with E-state index < -0.39 is 0 Å². The highest BCUT2D eigenvalue weighted by Crippen LogP contribution is 2.24. The van der Waals surface area contributed by atoms with Crippen molar-refractivity contribution in [1.82, 2.24) is 0 Å². The molecular formula is C34H56O2. The van der Waals surface area contributed by atoms with E-state index in [4.69, 9.17) is 4.74 Å². The maximum atomic E-state index is 10.8. The molecule has 0 aliphatic carbocycles. The standard InChI is InChI=1S/C34H56O2/c1-26(2)15-11-16-27(3)18-13-21-30(6)25-32(8)33(9)31(7)22-14-20-28(4)17-12-19-29(5)23-24-36-34(10)35/h15,17-18,22-23,25,32-33H,11-14,16,19-21,24H2,1-10H3/b27-18+,28-17+,29-23+,30-25+,31-22+. The van der Waals surface area contributed by atoms with Crippen LogP contribution in [0.25, 0.3) is 0 Å². The molecule has 2 unspecified atom stereocenters. The molecule has 0 aromatic heterocycles. The summed E-state index contributed by atoms with van der Waals surface area (Å²) < 4.78 is 4.97. The van der Waals surface area contributed by atoms with Crippen LogP contribution in [0.5, 0.6) is 0 Å². The third kappa shape index (κ3) is 19.1. The molecule has 0 radical (unpaired) electrons. The van der Waals surface area contributed by atoms with Gasteiger partial charge in [0, 0.05) is 6.92 Å². The van der Waals surface area contributed by atoms with Gasteiger partial charge >= 0.3 is 5.97 Å². The molecule has 0 N–H and O–H groups in total. The van der Waals surface area contributed by atoms with Crippen molar-refractivity contribution in [1.29, 1.82) is 0 Å². The summed E-state index contributed by atoms with van der Waals surface area (Å²) in [5.74, 6) is 0.898. The molecule has 0 aliphatic heterocycles. The van der Waals surface area contributed by atoms with Crippen LogP contribution in [0.1, 0.15) is 121 Å². The molecule has 0 saturated heterocycles. The zero-order valence-electron chi connectivity index (χ0n) is 25.3. The van der Waals surface area contributed by atoms with Gasteiger partial charge in [-0.05, 0) is 118 Å². The molecule has 0 aromatic carbocycles. The molecule has 0 fully saturated rings. The van der Waals surface area contributed by atoms with E-state index in [-0.39, 0.29) is 5.97 Å². The van der Waals surface area contributed by atoms with Gasteiger partial charge < -0.3 is 4.74 Å². The fourth-order valence-corrected chi connectivity index (χ4v) is 4.09. The third-order valence-corrected chi connectivity index (χ3v) is 6.93. The van der Waals surface area contributed by atoms with E-state index >= 15 is 0 Å². The monoisotopic (exact) mass is 496 g/mol. The molecule has 0 spiro atoms. The second kappa shape index (κ2) is 20.0. The van der Waals surface area contributed by atoms with E-state index in [1.165, 1.54) is 46.8 Å². The fourth-order valence-electron chi connectivity index (χ4n) is 4.09. The van der Waals surface area contributed by atoms with Crippen LogP contribution < -0.4 is 0 Å². The van der Waals surface area contributed by atoms with Gasteiger partial charge in [0.2, 0.25) is 0 Å². The van der Waals surface area contributed by atoms with Gasteiger partial charge in [-0.25, -0.2) is 0 Å². The van der Waals surface area contributed by atoms with Crippen molar-refractivity contribution in [3.8, 4) is 0 Å². The minimum Gasteiger partial charge on any atom is -0.462 e. The molecular weight excluding hydrogens is 440 g/mol. The quantitative estimate of drug-likeness (QED) is 0.148. The minimum atomic E-state index is -0.225. The topological polar surface area (TPSA) is 26.3 Å². The zero-order chi connectivity index (χ0) is 27.5. The number of ether oxygens (including phenoxy) is 1. The van der Waals surface area contributed by atoms with Gasteiger partial charge in [-0.2, -0.15) is 0 Å². The normalized spacial score (nSPS) is 15.6. The lowest BCUT2D eigenvalue weighted by molar-refractivity contribution is -0.139. The van der Waals surface area contributed by atoms with E-state index in [9.17, 15) is 4.79 Å². The predicted molar refractivity (Wildman–Crippen MR) is 160 cm³/mol. The van der Waals surface area contributed by atoms with Crippen LogP contribution in [0.15, 0.2) is 69.9 Å². The Morgan fingerprint density at radius 2 is 1.06 bits per heavy atom. The number of hydrogen-bond acceptors (Lipinski definition) is 2. The number of hydrogen-bond donors (Lipinski definition) is 0. The van der Waals surface area contributed by atoms with E-state index in [0.717, 1.165) is 44.9 Å². The first kappa shape index (κ1) is 33.9. The molecule has 0 saturated carbocycles. The summed E-state index contributed by atoms with van der Waals surface area (Å²) in [6.45, 7) is 22.1. The third-order valence-electron chi connectivity index (χ3n) is 6.93. The highest BCUT2D eigenvalue weighted by Gasteiger charge is 2.11. The van der Waals surface area contributed by atoms with Crippen molar-refractivity contribution in [2.45, 2.75) is 121 Å². The molecule has 2 heteroatoms. The SMILES string of the molecule is CC(=O)OC/C=C(\C)CC/C=C(\C)CC/C=C(\C)C(C)C(C)/C=C(\C)CC/C=C(\C)CCC=C(C)C. The van der Waals surface area contributed by atoms with Gasteiger partial charge in [0.15, 0.2) is 0 Å². The number of esters is 1. The summed E-state index contributed by atoms with van der Waals surface area (Å²) in [7, 11) is 0. The lowest BCUT2D eigenvalue weighted by Crippen LogP contribution is -2.07. The molecule has 0 rings (SSSR count). The highest BCUT2D eigenvalue weighted by atomic mass is 16.5. The Hall–Kier alpha value is -2.09. The predicted octanol–water partition coefficient (Wildman–Crippen LogP) is 10.6. The second-order valence-corrected chi connectivity index (χ2v) is 11.0. The Bertz CT molecular complexity index is 825. The smallest absolute Gasteiger partial charge is 0.302 e. The van der Waals surface area contributed by atoms with Gasteiger partial charge in [-0.3, -0.25) is 4.79 Å². The zero-order valence-corrected chi connectivity index (χ0v) is 25.3. The van der Waals surface area contributed by atoms with E-state index in [1.54, 1.807) is 0 Å². The first-order valence-corrected chi connectivity index (χ1v) is 14.0. The molecule has 0 amide bonds. The van der Waals surface area contributed by atoms with Crippen LogP contribution in [0, 0.1) is 11.8 Å². The lowest BCUT2D eigenvalue weighted by atomic mass is 9.87. The molecule has 2 nitrogen and oxygen atoms in total. The first-order chi connectivity index (χ1) is 16.9. The Morgan fingerprint density at radius 3 is 1.56 bits per heavy atom. The van der Waals surface area contributed by atoms with E-state index in [2.05, 4.69) is 92.7 Å². The lowest BCUT2D eigenvalue weighted by Gasteiger charge is -2.19. The average Bonchev–Trinajstić information content (AvgIpc) is 2.77. The van der Waals surface area contributed by atoms with Crippen molar-refractivity contribution in [2.24, 2.45) is 11.8 Å². The van der Waals surface area contributed by atoms with Crippen molar-refractivity contribution in [2.75, 3.05) is 6.61 Å². The van der Waals surface area contributed by atoms with Crippen molar-refractivity contribution >= 4 is 5.97 Å². The molecule has 0 aromatic rings. The van der Waals surface area contributed by atoms with Crippen LogP contribution in [-0.2, 0) is 9.53 Å². The van der Waals surface area contributed by atoms with Gasteiger partial charge in [-0.15, -0.1) is 0 Å². The van der Waals surface area contributed by atoms with Crippen molar-refractivity contribution < 1.29 is 9.53 Å². The maximum absolute atomic E-state index is 10.8. The number of rotatable bonds is 17. The maximum Gasteiger partial charge on any atom is 0.302 e. The van der Waals surface area contributed by atoms with Gasteiger partial charge in [-0.1, -0.05) is 77.7 Å². The van der Waals surface area contributed by atoms with Crippen LogP contribution in [0.3, 0.4) is 0 Å². The van der Waals surface area contributed by atoms with Crippen molar-refractivity contribution in [3.63, 3.8) is 0 Å². The number of carbonyl (C=O) groups is 1. The summed E-state index contributed by atoms with van der Waals surface area (Å²) in [6.07, 6.45) is 22.9. The van der Waals surface area contributed by atoms with Crippen LogP contribution >= 0.6 is 0 Å². The summed E-state index contributed by atoms with van der Waals surface area (Å²) in [5.41, 5.74) is 8.65. The molecule has 2 atom stereocenters. The molecule has 36 heavy (non-hydrogen) atoms. The molecule has 0 aliphatic rings.